The van der Waals surface area contributed by atoms with Crippen molar-refractivity contribution >= 4 is 15.9 Å². The topological polar surface area (TPSA) is 38.1 Å². The number of nitrogens with zero attached hydrogens (tertiary/aromatic N) is 2. The Kier molecular flexibility index (Phi) is 3.29. The molecule has 0 saturated heterocycles. The number of halogens is 1. The molecule has 12 heavy (non-hydrogen) atoms. The molecule has 0 aliphatic rings. The molecule has 1 atom stereocenters. The van der Waals surface area contributed by atoms with Crippen molar-refractivity contribution < 1.29 is 5.11 Å². The highest BCUT2D eigenvalue weighted by Gasteiger charge is 2.13. The molecule has 1 aromatic heterocycles. The van der Waals surface area contributed by atoms with Crippen LogP contribution in [0.25, 0.3) is 0 Å². The van der Waals surface area contributed by atoms with Gasteiger partial charge in [0.05, 0.1) is 12.3 Å². The van der Waals surface area contributed by atoms with Crippen LogP contribution in [0.2, 0.25) is 0 Å². The van der Waals surface area contributed by atoms with Gasteiger partial charge in [-0.2, -0.15) is 5.10 Å². The van der Waals surface area contributed by atoms with Crippen molar-refractivity contribution in [2.45, 2.75) is 25.9 Å². The van der Waals surface area contributed by atoms with Gasteiger partial charge < -0.3 is 5.11 Å². The van der Waals surface area contributed by atoms with E-state index in [0.717, 1.165) is 23.0 Å². The van der Waals surface area contributed by atoms with Crippen molar-refractivity contribution in [3.63, 3.8) is 0 Å². The SMILES string of the molecule is CCCC(O)c1cnn(C)c1Br. The minimum Gasteiger partial charge on any atom is -0.388 e. The average Bonchev–Trinajstić information content (AvgIpc) is 2.34. The molecule has 1 unspecified atom stereocenters. The zero-order chi connectivity index (χ0) is 9.14. The van der Waals surface area contributed by atoms with Crippen molar-refractivity contribution in [3.8, 4) is 0 Å². The minimum absolute atomic E-state index is 0.391. The first-order valence-electron chi connectivity index (χ1n) is 4.02. The second kappa shape index (κ2) is 4.05. The summed E-state index contributed by atoms with van der Waals surface area (Å²) in [5.41, 5.74) is 0.874. The van der Waals surface area contributed by atoms with Gasteiger partial charge in [0.15, 0.2) is 0 Å². The average molecular weight is 233 g/mol. The molecule has 0 fully saturated rings. The van der Waals surface area contributed by atoms with Gasteiger partial charge in [0.1, 0.15) is 4.60 Å². The Bertz CT molecular complexity index is 260. The Labute approximate surface area is 80.5 Å². The fraction of sp³-hybridized carbons (Fsp3) is 0.625. The summed E-state index contributed by atoms with van der Waals surface area (Å²) in [6, 6.07) is 0. The highest BCUT2D eigenvalue weighted by molar-refractivity contribution is 9.10. The second-order valence-corrected chi connectivity index (χ2v) is 3.57. The molecule has 68 valence electrons. The number of aliphatic hydroxyl groups excluding tert-OH is 1. The Morgan fingerprint density at radius 1 is 1.75 bits per heavy atom. The van der Waals surface area contributed by atoms with Crippen LogP contribution in [-0.4, -0.2) is 14.9 Å². The zero-order valence-corrected chi connectivity index (χ0v) is 8.87. The number of rotatable bonds is 3. The lowest BCUT2D eigenvalue weighted by Gasteiger charge is -2.06. The second-order valence-electron chi connectivity index (χ2n) is 2.82. The van der Waals surface area contributed by atoms with Crippen LogP contribution in [0, 0.1) is 0 Å². The van der Waals surface area contributed by atoms with E-state index in [0.29, 0.717) is 0 Å². The van der Waals surface area contributed by atoms with E-state index in [2.05, 4.69) is 21.0 Å². The van der Waals surface area contributed by atoms with E-state index in [1.807, 2.05) is 14.0 Å². The van der Waals surface area contributed by atoms with E-state index in [1.54, 1.807) is 10.9 Å². The van der Waals surface area contributed by atoms with E-state index in [4.69, 9.17) is 0 Å². The molecule has 0 amide bonds. The van der Waals surface area contributed by atoms with Crippen LogP contribution in [0.1, 0.15) is 31.4 Å². The quantitative estimate of drug-likeness (QED) is 0.867. The molecule has 1 heterocycles. The van der Waals surface area contributed by atoms with E-state index in [-0.39, 0.29) is 0 Å². The van der Waals surface area contributed by atoms with Crippen molar-refractivity contribution in [1.82, 2.24) is 9.78 Å². The summed E-state index contributed by atoms with van der Waals surface area (Å²) in [5.74, 6) is 0. The maximum Gasteiger partial charge on any atom is 0.109 e. The number of hydrogen-bond donors (Lipinski definition) is 1. The van der Waals surface area contributed by atoms with Gasteiger partial charge in [0, 0.05) is 12.6 Å². The molecule has 4 heteroatoms. The first kappa shape index (κ1) is 9.74. The summed E-state index contributed by atoms with van der Waals surface area (Å²) in [6.07, 6.45) is 3.06. The van der Waals surface area contributed by atoms with Crippen LogP contribution >= 0.6 is 15.9 Å². The molecule has 1 aromatic rings. The van der Waals surface area contributed by atoms with E-state index < -0.39 is 6.10 Å². The van der Waals surface area contributed by atoms with Crippen molar-refractivity contribution in [2.75, 3.05) is 0 Å². The summed E-state index contributed by atoms with van der Waals surface area (Å²) in [7, 11) is 1.84. The standard InChI is InChI=1S/C8H13BrN2O/c1-3-4-7(12)6-5-10-11(2)8(6)9/h5,7,12H,3-4H2,1-2H3. The van der Waals surface area contributed by atoms with Crippen molar-refractivity contribution in [3.05, 3.63) is 16.4 Å². The molecule has 1 N–H and O–H groups in total. The molecule has 3 nitrogen and oxygen atoms in total. The molecule has 1 rings (SSSR count). The monoisotopic (exact) mass is 232 g/mol. The third-order valence-corrected chi connectivity index (χ3v) is 2.78. The van der Waals surface area contributed by atoms with Gasteiger partial charge in [0.2, 0.25) is 0 Å². The lowest BCUT2D eigenvalue weighted by atomic mass is 10.1. The van der Waals surface area contributed by atoms with Crippen LogP contribution in [0.15, 0.2) is 10.8 Å². The first-order chi connectivity index (χ1) is 5.66. The smallest absolute Gasteiger partial charge is 0.109 e. The van der Waals surface area contributed by atoms with E-state index in [9.17, 15) is 5.11 Å². The van der Waals surface area contributed by atoms with Crippen molar-refractivity contribution in [2.24, 2.45) is 7.05 Å². The van der Waals surface area contributed by atoms with Crippen molar-refractivity contribution in [1.29, 1.82) is 0 Å². The van der Waals surface area contributed by atoms with Crippen LogP contribution in [0.3, 0.4) is 0 Å². The van der Waals surface area contributed by atoms with Gasteiger partial charge in [-0.3, -0.25) is 4.68 Å². The van der Waals surface area contributed by atoms with Gasteiger partial charge >= 0.3 is 0 Å². The molecule has 0 spiro atoms. The molecule has 0 aliphatic heterocycles. The highest BCUT2D eigenvalue weighted by Crippen LogP contribution is 2.25. The first-order valence-corrected chi connectivity index (χ1v) is 4.81. The lowest BCUT2D eigenvalue weighted by Crippen LogP contribution is -1.97. The highest BCUT2D eigenvalue weighted by atomic mass is 79.9. The zero-order valence-electron chi connectivity index (χ0n) is 7.29. The Morgan fingerprint density at radius 3 is 2.83 bits per heavy atom. The van der Waals surface area contributed by atoms with Crippen LogP contribution < -0.4 is 0 Å². The number of aromatic nitrogens is 2. The molecule has 0 bridgehead atoms. The Balaban J connectivity index is 2.80. The molecule has 0 saturated carbocycles. The Hall–Kier alpha value is -0.350. The van der Waals surface area contributed by atoms with E-state index >= 15 is 0 Å². The van der Waals surface area contributed by atoms with Gasteiger partial charge in [-0.05, 0) is 22.4 Å². The predicted octanol–water partition coefficient (Wildman–Crippen LogP) is 2.02. The maximum absolute atomic E-state index is 9.63. The lowest BCUT2D eigenvalue weighted by molar-refractivity contribution is 0.165. The Morgan fingerprint density at radius 2 is 2.42 bits per heavy atom. The van der Waals surface area contributed by atoms with Gasteiger partial charge in [-0.1, -0.05) is 13.3 Å². The fourth-order valence-corrected chi connectivity index (χ4v) is 1.55. The third-order valence-electron chi connectivity index (χ3n) is 1.81. The van der Waals surface area contributed by atoms with E-state index in [1.165, 1.54) is 0 Å². The summed E-state index contributed by atoms with van der Waals surface area (Å²) in [5, 5.41) is 13.7. The molecule has 0 aliphatic carbocycles. The number of aryl methyl sites for hydroxylation is 1. The molecular formula is C8H13BrN2O. The molecular weight excluding hydrogens is 220 g/mol. The molecule has 0 aromatic carbocycles. The summed E-state index contributed by atoms with van der Waals surface area (Å²) in [6.45, 7) is 2.05. The molecule has 0 radical (unpaired) electrons. The largest absolute Gasteiger partial charge is 0.388 e. The third kappa shape index (κ3) is 1.87. The summed E-state index contributed by atoms with van der Waals surface area (Å²) in [4.78, 5) is 0. The van der Waals surface area contributed by atoms with Crippen LogP contribution in [0.4, 0.5) is 0 Å². The predicted molar refractivity (Wildman–Crippen MR) is 50.8 cm³/mol. The van der Waals surface area contributed by atoms with Gasteiger partial charge in [-0.15, -0.1) is 0 Å². The fourth-order valence-electron chi connectivity index (χ4n) is 1.09. The van der Waals surface area contributed by atoms with Crippen LogP contribution in [-0.2, 0) is 7.05 Å². The summed E-state index contributed by atoms with van der Waals surface area (Å²) >= 11 is 3.36. The normalized spacial score (nSPS) is 13.3. The summed E-state index contributed by atoms with van der Waals surface area (Å²) < 4.78 is 2.57. The minimum atomic E-state index is -0.391. The van der Waals surface area contributed by atoms with Gasteiger partial charge in [-0.25, -0.2) is 0 Å². The maximum atomic E-state index is 9.63. The number of aliphatic hydroxyl groups is 1. The number of hydrogen-bond acceptors (Lipinski definition) is 2. The van der Waals surface area contributed by atoms with Gasteiger partial charge in [0.25, 0.3) is 0 Å². The van der Waals surface area contributed by atoms with Crippen LogP contribution in [0.5, 0.6) is 0 Å².